The molecule has 2 bridgehead atoms. The van der Waals surface area contributed by atoms with E-state index >= 15 is 0 Å². The minimum Gasteiger partial charge on any atom is -0.454 e. The first kappa shape index (κ1) is 20.0. The monoisotopic (exact) mass is 450 g/mol. The van der Waals surface area contributed by atoms with Gasteiger partial charge in [-0.25, -0.2) is 9.59 Å². The van der Waals surface area contributed by atoms with Gasteiger partial charge in [-0.15, -0.1) is 0 Å². The predicted octanol–water partition coefficient (Wildman–Crippen LogP) is 5.43. The molecular weight excluding hydrogens is 424 g/mol. The third kappa shape index (κ3) is 2.78. The highest BCUT2D eigenvalue weighted by Gasteiger charge is 2.78. The summed E-state index contributed by atoms with van der Waals surface area (Å²) in [6.07, 6.45) is 2.42. The topological polar surface area (TPSA) is 52.6 Å². The number of carbonyl (C=O) groups is 2. The third-order valence-corrected chi connectivity index (χ3v) is 8.87. The van der Waals surface area contributed by atoms with Gasteiger partial charge in [0.2, 0.25) is 0 Å². The van der Waals surface area contributed by atoms with Gasteiger partial charge >= 0.3 is 11.9 Å². The summed E-state index contributed by atoms with van der Waals surface area (Å²) >= 11 is 0. The van der Waals surface area contributed by atoms with Gasteiger partial charge in [-0.3, -0.25) is 0 Å². The second-order valence-corrected chi connectivity index (χ2v) is 10.3. The molecule has 6 atom stereocenters. The zero-order valence-electron chi connectivity index (χ0n) is 18.8. The summed E-state index contributed by atoms with van der Waals surface area (Å²) in [4.78, 5) is 26.3. The van der Waals surface area contributed by atoms with E-state index in [1.165, 1.54) is 11.1 Å². The molecule has 0 aliphatic heterocycles. The van der Waals surface area contributed by atoms with Gasteiger partial charge in [0, 0.05) is 11.8 Å². The second-order valence-electron chi connectivity index (χ2n) is 10.3. The SMILES string of the molecule is O=C(OC1C(OC(=O)c2ccccc2)C2C3c4ccccc4CC3C1C21CC1)c1ccccc1. The van der Waals surface area contributed by atoms with Crippen molar-refractivity contribution in [1.29, 1.82) is 0 Å². The van der Waals surface area contributed by atoms with E-state index < -0.39 is 12.2 Å². The minimum absolute atomic E-state index is 0.117. The standard InChI is InChI=1S/C30H26O4/c31-28(18-9-3-1-4-10-18)33-26-24-22-17-20-13-7-8-14-21(20)23(22)25(30(24)15-16-30)27(26)34-29(32)19-11-5-2-6-12-19/h1-14,22-27H,15-17H2. The number of fused-ring (bicyclic) bond motifs is 5. The smallest absolute Gasteiger partial charge is 0.338 e. The molecule has 0 radical (unpaired) electrons. The fourth-order valence-corrected chi connectivity index (χ4v) is 7.61. The van der Waals surface area contributed by atoms with Gasteiger partial charge in [0.05, 0.1) is 11.1 Å². The summed E-state index contributed by atoms with van der Waals surface area (Å²) in [6.45, 7) is 0. The van der Waals surface area contributed by atoms with Crippen molar-refractivity contribution in [3.63, 3.8) is 0 Å². The summed E-state index contributed by atoms with van der Waals surface area (Å²) in [7, 11) is 0. The summed E-state index contributed by atoms with van der Waals surface area (Å²) < 4.78 is 12.5. The molecule has 0 heterocycles. The molecule has 170 valence electrons. The highest BCUT2D eigenvalue weighted by molar-refractivity contribution is 5.90. The molecule has 0 N–H and O–H groups in total. The fraction of sp³-hybridized carbons (Fsp3) is 0.333. The molecular formula is C30H26O4. The van der Waals surface area contributed by atoms with Gasteiger partial charge in [0.15, 0.2) is 0 Å². The Hall–Kier alpha value is -3.40. The Labute approximate surface area is 198 Å². The zero-order valence-corrected chi connectivity index (χ0v) is 18.8. The molecule has 3 fully saturated rings. The van der Waals surface area contributed by atoms with Crippen LogP contribution in [-0.2, 0) is 15.9 Å². The van der Waals surface area contributed by atoms with Crippen LogP contribution in [0, 0.1) is 23.2 Å². The maximum atomic E-state index is 13.2. The molecule has 3 aromatic rings. The van der Waals surface area contributed by atoms with Gasteiger partial charge in [-0.1, -0.05) is 60.7 Å². The van der Waals surface area contributed by atoms with E-state index in [4.69, 9.17) is 9.47 Å². The van der Waals surface area contributed by atoms with Crippen molar-refractivity contribution in [3.8, 4) is 0 Å². The molecule has 3 aromatic carbocycles. The Morgan fingerprint density at radius 1 is 0.676 bits per heavy atom. The fourth-order valence-electron chi connectivity index (χ4n) is 7.61. The molecule has 7 rings (SSSR count). The molecule has 4 nitrogen and oxygen atoms in total. The lowest BCUT2D eigenvalue weighted by Gasteiger charge is -2.37. The van der Waals surface area contributed by atoms with Gasteiger partial charge < -0.3 is 9.47 Å². The zero-order chi connectivity index (χ0) is 22.9. The Morgan fingerprint density at radius 3 is 1.79 bits per heavy atom. The average molecular weight is 451 g/mol. The Kier molecular flexibility index (Phi) is 4.30. The van der Waals surface area contributed by atoms with Crippen LogP contribution in [0.25, 0.3) is 0 Å². The third-order valence-electron chi connectivity index (χ3n) is 8.87. The van der Waals surface area contributed by atoms with Crippen LogP contribution in [-0.4, -0.2) is 24.1 Å². The van der Waals surface area contributed by atoms with E-state index in [1.807, 2.05) is 36.4 Å². The molecule has 4 aliphatic carbocycles. The number of ether oxygens (including phenoxy) is 2. The summed E-state index contributed by atoms with van der Waals surface area (Å²) in [5, 5.41) is 0. The summed E-state index contributed by atoms with van der Waals surface area (Å²) in [6, 6.07) is 27.0. The number of hydrogen-bond acceptors (Lipinski definition) is 4. The maximum absolute atomic E-state index is 13.2. The van der Waals surface area contributed by atoms with Crippen LogP contribution in [0.5, 0.6) is 0 Å². The van der Waals surface area contributed by atoms with Crippen LogP contribution in [0.3, 0.4) is 0 Å². The van der Waals surface area contributed by atoms with Crippen LogP contribution < -0.4 is 0 Å². The van der Waals surface area contributed by atoms with Gasteiger partial charge in [-0.05, 0) is 71.9 Å². The molecule has 34 heavy (non-hydrogen) atoms. The molecule has 0 saturated heterocycles. The van der Waals surface area contributed by atoms with Crippen molar-refractivity contribution in [1.82, 2.24) is 0 Å². The van der Waals surface area contributed by atoms with E-state index in [9.17, 15) is 9.59 Å². The highest BCUT2D eigenvalue weighted by Crippen LogP contribution is 2.79. The lowest BCUT2D eigenvalue weighted by molar-refractivity contribution is -0.0698. The summed E-state index contributed by atoms with van der Waals surface area (Å²) in [5.74, 6) is 0.539. The van der Waals surface area contributed by atoms with Crippen LogP contribution in [0.2, 0.25) is 0 Å². The van der Waals surface area contributed by atoms with Crippen molar-refractivity contribution >= 4 is 11.9 Å². The quantitative estimate of drug-likeness (QED) is 0.497. The van der Waals surface area contributed by atoms with Crippen molar-refractivity contribution < 1.29 is 19.1 Å². The molecule has 3 saturated carbocycles. The molecule has 1 spiro atoms. The second kappa shape index (κ2) is 7.30. The Morgan fingerprint density at radius 2 is 1.21 bits per heavy atom. The predicted molar refractivity (Wildman–Crippen MR) is 126 cm³/mol. The van der Waals surface area contributed by atoms with Gasteiger partial charge in [0.1, 0.15) is 12.2 Å². The van der Waals surface area contributed by atoms with Crippen molar-refractivity contribution in [2.24, 2.45) is 23.2 Å². The van der Waals surface area contributed by atoms with Crippen molar-refractivity contribution in [3.05, 3.63) is 107 Å². The first-order chi connectivity index (χ1) is 16.7. The first-order valence-corrected chi connectivity index (χ1v) is 12.3. The lowest BCUT2D eigenvalue weighted by atomic mass is 9.76. The highest BCUT2D eigenvalue weighted by atomic mass is 16.6. The van der Waals surface area contributed by atoms with Gasteiger partial charge in [0.25, 0.3) is 0 Å². The average Bonchev–Trinajstić information content (AvgIpc) is 3.44. The van der Waals surface area contributed by atoms with E-state index in [0.29, 0.717) is 23.0 Å². The van der Waals surface area contributed by atoms with Crippen molar-refractivity contribution in [2.75, 3.05) is 0 Å². The summed E-state index contributed by atoms with van der Waals surface area (Å²) in [5.41, 5.74) is 3.98. The molecule has 0 amide bonds. The van der Waals surface area contributed by atoms with E-state index in [2.05, 4.69) is 24.3 Å². The largest absolute Gasteiger partial charge is 0.454 e. The van der Waals surface area contributed by atoms with E-state index in [0.717, 1.165) is 19.3 Å². The Bertz CT molecular complexity index is 1260. The van der Waals surface area contributed by atoms with Crippen LogP contribution in [0.1, 0.15) is 50.6 Å². The first-order valence-electron chi connectivity index (χ1n) is 12.3. The lowest BCUT2D eigenvalue weighted by Crippen LogP contribution is -2.45. The van der Waals surface area contributed by atoms with Crippen LogP contribution in [0.4, 0.5) is 0 Å². The van der Waals surface area contributed by atoms with Gasteiger partial charge in [-0.2, -0.15) is 0 Å². The Balaban J connectivity index is 1.27. The number of rotatable bonds is 4. The number of hydrogen-bond donors (Lipinski definition) is 0. The van der Waals surface area contributed by atoms with Crippen LogP contribution >= 0.6 is 0 Å². The number of esters is 2. The maximum Gasteiger partial charge on any atom is 0.338 e. The molecule has 4 heteroatoms. The van der Waals surface area contributed by atoms with E-state index in [1.54, 1.807) is 24.3 Å². The normalized spacial score (nSPS) is 31.1. The molecule has 4 aliphatic rings. The number of carbonyl (C=O) groups excluding carboxylic acids is 2. The van der Waals surface area contributed by atoms with Crippen molar-refractivity contribution in [2.45, 2.75) is 37.4 Å². The van der Waals surface area contributed by atoms with E-state index in [-0.39, 0.29) is 29.2 Å². The minimum atomic E-state index is -0.430. The van der Waals surface area contributed by atoms with Crippen LogP contribution in [0.15, 0.2) is 84.9 Å². The number of benzene rings is 3. The molecule has 0 aromatic heterocycles. The molecule has 6 unspecified atom stereocenters.